The lowest BCUT2D eigenvalue weighted by Crippen LogP contribution is -2.52. The number of benzene rings is 3. The van der Waals surface area contributed by atoms with Crippen LogP contribution in [0.5, 0.6) is 0 Å². The van der Waals surface area contributed by atoms with Crippen molar-refractivity contribution >= 4 is 27.5 Å². The van der Waals surface area contributed by atoms with Gasteiger partial charge in [-0.25, -0.2) is 12.8 Å². The van der Waals surface area contributed by atoms with Crippen LogP contribution in [0.15, 0.2) is 78.9 Å². The Labute approximate surface area is 211 Å². The van der Waals surface area contributed by atoms with Gasteiger partial charge >= 0.3 is 0 Å². The van der Waals surface area contributed by atoms with E-state index in [2.05, 4.69) is 5.32 Å². The molecule has 36 heavy (non-hydrogen) atoms. The summed E-state index contributed by atoms with van der Waals surface area (Å²) in [5.74, 6) is -1.45. The van der Waals surface area contributed by atoms with Gasteiger partial charge in [-0.05, 0) is 42.3 Å². The van der Waals surface area contributed by atoms with Crippen molar-refractivity contribution in [1.82, 2.24) is 10.2 Å². The summed E-state index contributed by atoms with van der Waals surface area (Å²) in [5.41, 5.74) is 2.80. The standard InChI is InChI=1S/C27H30FN3O4S/c1-20-8-7-11-22(16-20)18-30(25(27(33)29-2)17-21-9-5-4-6-10-21)26(32)19-31(36(3,34)35)24-14-12-23(28)13-15-24/h4-16,25H,17-19H2,1-3H3,(H,29,33)/t25-/m0/s1. The highest BCUT2D eigenvalue weighted by Gasteiger charge is 2.32. The lowest BCUT2D eigenvalue weighted by Gasteiger charge is -2.33. The normalized spacial score (nSPS) is 12.0. The molecule has 3 aromatic rings. The number of rotatable bonds is 10. The molecule has 190 valence electrons. The Morgan fingerprint density at radius 1 is 0.944 bits per heavy atom. The molecule has 0 heterocycles. The topological polar surface area (TPSA) is 86.8 Å². The molecule has 3 rings (SSSR count). The highest BCUT2D eigenvalue weighted by Crippen LogP contribution is 2.21. The lowest BCUT2D eigenvalue weighted by atomic mass is 10.0. The molecular formula is C27H30FN3O4S. The van der Waals surface area contributed by atoms with Crippen molar-refractivity contribution in [2.75, 3.05) is 24.2 Å². The van der Waals surface area contributed by atoms with E-state index in [1.54, 1.807) is 0 Å². The monoisotopic (exact) mass is 511 g/mol. The first kappa shape index (κ1) is 26.9. The van der Waals surface area contributed by atoms with E-state index in [-0.39, 0.29) is 24.6 Å². The third kappa shape index (κ3) is 7.14. The van der Waals surface area contributed by atoms with Crippen LogP contribution in [0.1, 0.15) is 16.7 Å². The number of hydrogen-bond donors (Lipinski definition) is 1. The van der Waals surface area contributed by atoms with Gasteiger partial charge < -0.3 is 10.2 Å². The maximum Gasteiger partial charge on any atom is 0.244 e. The van der Waals surface area contributed by atoms with Crippen molar-refractivity contribution in [1.29, 1.82) is 0 Å². The molecule has 0 radical (unpaired) electrons. The average molecular weight is 512 g/mol. The number of halogens is 1. The number of carbonyl (C=O) groups is 2. The molecule has 3 aromatic carbocycles. The first-order valence-electron chi connectivity index (χ1n) is 11.4. The zero-order valence-electron chi connectivity index (χ0n) is 20.5. The molecular weight excluding hydrogens is 481 g/mol. The fourth-order valence-corrected chi connectivity index (χ4v) is 4.80. The zero-order valence-corrected chi connectivity index (χ0v) is 21.3. The van der Waals surface area contributed by atoms with E-state index in [1.165, 1.54) is 24.1 Å². The van der Waals surface area contributed by atoms with Crippen molar-refractivity contribution in [2.24, 2.45) is 0 Å². The number of sulfonamides is 1. The number of nitrogens with zero attached hydrogens (tertiary/aromatic N) is 2. The van der Waals surface area contributed by atoms with Crippen LogP contribution in [0.2, 0.25) is 0 Å². The molecule has 0 aromatic heterocycles. The van der Waals surface area contributed by atoms with Crippen LogP contribution in [-0.2, 0) is 32.6 Å². The van der Waals surface area contributed by atoms with Gasteiger partial charge in [-0.1, -0.05) is 60.2 Å². The molecule has 1 N–H and O–H groups in total. The lowest BCUT2D eigenvalue weighted by molar-refractivity contribution is -0.139. The van der Waals surface area contributed by atoms with Gasteiger partial charge in [0.1, 0.15) is 18.4 Å². The van der Waals surface area contributed by atoms with E-state index >= 15 is 0 Å². The molecule has 7 nitrogen and oxygen atoms in total. The Balaban J connectivity index is 2.02. The number of nitrogens with one attached hydrogen (secondary N) is 1. The summed E-state index contributed by atoms with van der Waals surface area (Å²) in [6.07, 6.45) is 1.22. The molecule has 0 saturated heterocycles. The van der Waals surface area contributed by atoms with E-state index < -0.39 is 34.3 Å². The fraction of sp³-hybridized carbons (Fsp3) is 0.259. The maximum atomic E-state index is 13.7. The summed E-state index contributed by atoms with van der Waals surface area (Å²) >= 11 is 0. The minimum atomic E-state index is -3.89. The van der Waals surface area contributed by atoms with Crippen molar-refractivity contribution in [2.45, 2.75) is 25.9 Å². The molecule has 0 aliphatic rings. The Morgan fingerprint density at radius 3 is 2.17 bits per heavy atom. The van der Waals surface area contributed by atoms with Crippen molar-refractivity contribution < 1.29 is 22.4 Å². The third-order valence-corrected chi connectivity index (χ3v) is 6.89. The number of likely N-dealkylation sites (N-methyl/N-ethyl adjacent to an activating group) is 1. The number of carbonyl (C=O) groups excluding carboxylic acids is 2. The van der Waals surface area contributed by atoms with Crippen molar-refractivity contribution in [3.63, 3.8) is 0 Å². The summed E-state index contributed by atoms with van der Waals surface area (Å²) in [5, 5.41) is 2.63. The molecule has 0 fully saturated rings. The smallest absolute Gasteiger partial charge is 0.244 e. The molecule has 9 heteroatoms. The molecule has 2 amide bonds. The second-order valence-corrected chi connectivity index (χ2v) is 10.5. The quantitative estimate of drug-likeness (QED) is 0.453. The minimum absolute atomic E-state index is 0.104. The molecule has 0 aliphatic carbocycles. The van der Waals surface area contributed by atoms with Gasteiger partial charge in [-0.2, -0.15) is 0 Å². The largest absolute Gasteiger partial charge is 0.357 e. The Hall–Kier alpha value is -3.72. The zero-order chi connectivity index (χ0) is 26.3. The van der Waals surface area contributed by atoms with Gasteiger partial charge in [0.25, 0.3) is 0 Å². The predicted octanol–water partition coefficient (Wildman–Crippen LogP) is 3.29. The van der Waals surface area contributed by atoms with E-state index in [9.17, 15) is 22.4 Å². The third-order valence-electron chi connectivity index (χ3n) is 5.75. The second-order valence-electron chi connectivity index (χ2n) is 8.58. The van der Waals surface area contributed by atoms with Gasteiger partial charge in [0.05, 0.1) is 11.9 Å². The molecule has 0 aliphatic heterocycles. The van der Waals surface area contributed by atoms with Crippen LogP contribution >= 0.6 is 0 Å². The van der Waals surface area contributed by atoms with Crippen LogP contribution in [0, 0.1) is 12.7 Å². The van der Waals surface area contributed by atoms with Crippen LogP contribution in [0.3, 0.4) is 0 Å². The second kappa shape index (κ2) is 11.8. The number of aryl methyl sites for hydroxylation is 1. The van der Waals surface area contributed by atoms with Crippen LogP contribution in [0.4, 0.5) is 10.1 Å². The van der Waals surface area contributed by atoms with E-state index in [1.807, 2.05) is 61.5 Å². The van der Waals surface area contributed by atoms with E-state index in [4.69, 9.17) is 0 Å². The fourth-order valence-electron chi connectivity index (χ4n) is 3.95. The van der Waals surface area contributed by atoms with Crippen molar-refractivity contribution in [3.8, 4) is 0 Å². The highest BCUT2D eigenvalue weighted by molar-refractivity contribution is 7.92. The summed E-state index contributed by atoms with van der Waals surface area (Å²) in [6, 6.07) is 20.8. The Bertz CT molecular complexity index is 1300. The van der Waals surface area contributed by atoms with Crippen LogP contribution in [-0.4, -0.2) is 51.0 Å². The average Bonchev–Trinajstić information content (AvgIpc) is 2.84. The number of hydrogen-bond acceptors (Lipinski definition) is 4. The maximum absolute atomic E-state index is 13.7. The molecule has 1 atom stereocenters. The van der Waals surface area contributed by atoms with Gasteiger partial charge in [-0.15, -0.1) is 0 Å². The van der Waals surface area contributed by atoms with Gasteiger partial charge in [0, 0.05) is 20.0 Å². The Kier molecular flexibility index (Phi) is 8.82. The first-order valence-corrected chi connectivity index (χ1v) is 13.3. The molecule has 0 unspecified atom stereocenters. The summed E-state index contributed by atoms with van der Waals surface area (Å²) < 4.78 is 39.6. The molecule has 0 spiro atoms. The Morgan fingerprint density at radius 2 is 1.58 bits per heavy atom. The van der Waals surface area contributed by atoms with Crippen LogP contribution < -0.4 is 9.62 Å². The van der Waals surface area contributed by atoms with Gasteiger partial charge in [0.15, 0.2) is 0 Å². The number of amides is 2. The summed E-state index contributed by atoms with van der Waals surface area (Å²) in [6.45, 7) is 1.49. The van der Waals surface area contributed by atoms with Crippen molar-refractivity contribution in [3.05, 3.63) is 101 Å². The molecule has 0 saturated carbocycles. The van der Waals surface area contributed by atoms with Gasteiger partial charge in [0.2, 0.25) is 21.8 Å². The van der Waals surface area contributed by atoms with E-state index in [0.717, 1.165) is 39.4 Å². The van der Waals surface area contributed by atoms with Gasteiger partial charge in [-0.3, -0.25) is 13.9 Å². The predicted molar refractivity (Wildman–Crippen MR) is 138 cm³/mol. The molecule has 0 bridgehead atoms. The summed E-state index contributed by atoms with van der Waals surface area (Å²) in [4.78, 5) is 28.2. The SMILES string of the molecule is CNC(=O)[C@H](Cc1ccccc1)N(Cc1cccc(C)c1)C(=O)CN(c1ccc(F)cc1)S(C)(=O)=O. The minimum Gasteiger partial charge on any atom is -0.357 e. The van der Waals surface area contributed by atoms with Crippen LogP contribution in [0.25, 0.3) is 0 Å². The summed E-state index contributed by atoms with van der Waals surface area (Å²) in [7, 11) is -2.39. The first-order chi connectivity index (χ1) is 17.1. The number of anilines is 1. The highest BCUT2D eigenvalue weighted by atomic mass is 32.2. The van der Waals surface area contributed by atoms with E-state index in [0.29, 0.717) is 0 Å².